The van der Waals surface area contributed by atoms with Gasteiger partial charge in [0.2, 0.25) is 0 Å². The van der Waals surface area contributed by atoms with Crippen LogP contribution in [0.5, 0.6) is 0 Å². The van der Waals surface area contributed by atoms with Crippen molar-refractivity contribution in [3.8, 4) is 0 Å². The van der Waals surface area contributed by atoms with Crippen molar-refractivity contribution >= 4 is 23.6 Å². The SMILES string of the molecule is O=C(NCCC(=O)OCC(=O)N1CCCC1)Nc1ccccc1. The minimum absolute atomic E-state index is 0.0233. The second kappa shape index (κ2) is 8.77. The molecule has 1 saturated heterocycles. The molecule has 0 unspecified atom stereocenters. The first-order valence-corrected chi connectivity index (χ1v) is 7.68. The minimum Gasteiger partial charge on any atom is -0.456 e. The fourth-order valence-corrected chi connectivity index (χ4v) is 2.25. The molecular weight excluding hydrogens is 298 g/mol. The van der Waals surface area contributed by atoms with Crippen LogP contribution in [-0.4, -0.2) is 49.0 Å². The highest BCUT2D eigenvalue weighted by molar-refractivity contribution is 5.89. The Hall–Kier alpha value is -2.57. The Morgan fingerprint density at radius 2 is 1.78 bits per heavy atom. The molecule has 23 heavy (non-hydrogen) atoms. The first-order chi connectivity index (χ1) is 11.1. The molecule has 0 saturated carbocycles. The normalized spacial score (nSPS) is 13.5. The quantitative estimate of drug-likeness (QED) is 0.775. The van der Waals surface area contributed by atoms with Crippen LogP contribution in [-0.2, 0) is 14.3 Å². The number of likely N-dealkylation sites (tertiary alicyclic amines) is 1. The highest BCUT2D eigenvalue weighted by Crippen LogP contribution is 2.07. The maximum atomic E-state index is 11.7. The fraction of sp³-hybridized carbons (Fsp3) is 0.438. The number of hydrogen-bond acceptors (Lipinski definition) is 4. The third kappa shape index (κ3) is 5.98. The highest BCUT2D eigenvalue weighted by atomic mass is 16.5. The number of nitrogens with zero attached hydrogens (tertiary/aromatic N) is 1. The number of anilines is 1. The highest BCUT2D eigenvalue weighted by Gasteiger charge is 2.19. The van der Waals surface area contributed by atoms with Gasteiger partial charge in [0.15, 0.2) is 6.61 Å². The van der Waals surface area contributed by atoms with Crippen molar-refractivity contribution in [3.05, 3.63) is 30.3 Å². The zero-order valence-corrected chi connectivity index (χ0v) is 12.9. The lowest BCUT2D eigenvalue weighted by atomic mass is 10.3. The Morgan fingerprint density at radius 3 is 2.48 bits per heavy atom. The van der Waals surface area contributed by atoms with E-state index in [1.165, 1.54) is 0 Å². The van der Waals surface area contributed by atoms with Gasteiger partial charge >= 0.3 is 12.0 Å². The summed E-state index contributed by atoms with van der Waals surface area (Å²) >= 11 is 0. The van der Waals surface area contributed by atoms with Gasteiger partial charge in [0.25, 0.3) is 5.91 Å². The van der Waals surface area contributed by atoms with Gasteiger partial charge in [-0.15, -0.1) is 0 Å². The molecular formula is C16H21N3O4. The van der Waals surface area contributed by atoms with Gasteiger partial charge in [-0.2, -0.15) is 0 Å². The summed E-state index contributed by atoms with van der Waals surface area (Å²) in [6.07, 6.45) is 2.02. The third-order valence-electron chi connectivity index (χ3n) is 3.46. The molecule has 1 heterocycles. The van der Waals surface area contributed by atoms with Crippen LogP contribution in [0.25, 0.3) is 0 Å². The summed E-state index contributed by atoms with van der Waals surface area (Å²) in [4.78, 5) is 36.5. The fourth-order valence-electron chi connectivity index (χ4n) is 2.25. The van der Waals surface area contributed by atoms with E-state index >= 15 is 0 Å². The summed E-state index contributed by atoms with van der Waals surface area (Å²) in [5.41, 5.74) is 0.670. The molecule has 0 aromatic heterocycles. The van der Waals surface area contributed by atoms with Crippen molar-refractivity contribution in [2.24, 2.45) is 0 Å². The van der Waals surface area contributed by atoms with Crippen molar-refractivity contribution in [1.82, 2.24) is 10.2 Å². The number of amides is 3. The van der Waals surface area contributed by atoms with E-state index in [9.17, 15) is 14.4 Å². The Balaban J connectivity index is 1.57. The van der Waals surface area contributed by atoms with E-state index in [1.54, 1.807) is 17.0 Å². The first-order valence-electron chi connectivity index (χ1n) is 7.68. The zero-order chi connectivity index (χ0) is 16.5. The number of ether oxygens (including phenoxy) is 1. The Kier molecular flexibility index (Phi) is 6.40. The molecule has 7 heteroatoms. The van der Waals surface area contributed by atoms with E-state index in [0.717, 1.165) is 25.9 Å². The average molecular weight is 319 g/mol. The minimum atomic E-state index is -0.502. The van der Waals surface area contributed by atoms with Gasteiger partial charge in [0.05, 0.1) is 6.42 Å². The molecule has 1 fully saturated rings. The molecule has 1 aliphatic rings. The maximum absolute atomic E-state index is 11.7. The van der Waals surface area contributed by atoms with Gasteiger partial charge in [0, 0.05) is 25.3 Å². The standard InChI is InChI=1S/C16H21N3O4/c20-14(19-10-4-5-11-19)12-23-15(21)8-9-17-16(22)18-13-6-2-1-3-7-13/h1-3,6-7H,4-5,8-12H2,(H2,17,18,22). The van der Waals surface area contributed by atoms with E-state index in [1.807, 2.05) is 18.2 Å². The number of esters is 1. The van der Waals surface area contributed by atoms with Gasteiger partial charge in [0.1, 0.15) is 0 Å². The number of hydrogen-bond donors (Lipinski definition) is 2. The molecule has 2 N–H and O–H groups in total. The van der Waals surface area contributed by atoms with Gasteiger partial charge in [-0.1, -0.05) is 18.2 Å². The summed E-state index contributed by atoms with van der Waals surface area (Å²) in [5.74, 6) is -0.664. The summed E-state index contributed by atoms with van der Waals surface area (Å²) < 4.78 is 4.91. The van der Waals surface area contributed by atoms with Crippen LogP contribution < -0.4 is 10.6 Å². The number of benzene rings is 1. The van der Waals surface area contributed by atoms with Gasteiger partial charge in [-0.05, 0) is 25.0 Å². The molecule has 0 atom stereocenters. The number of nitrogens with one attached hydrogen (secondary N) is 2. The number of carbonyl (C=O) groups excluding carboxylic acids is 3. The Labute approximate surface area is 135 Å². The Morgan fingerprint density at radius 1 is 1.09 bits per heavy atom. The summed E-state index contributed by atoms with van der Waals surface area (Å²) in [5, 5.41) is 5.20. The first kappa shape index (κ1) is 16.8. The van der Waals surface area contributed by atoms with Crippen molar-refractivity contribution in [3.63, 3.8) is 0 Å². The average Bonchev–Trinajstić information content (AvgIpc) is 3.08. The van der Waals surface area contributed by atoms with E-state index in [0.29, 0.717) is 5.69 Å². The smallest absolute Gasteiger partial charge is 0.319 e. The second-order valence-electron chi connectivity index (χ2n) is 5.25. The molecule has 0 bridgehead atoms. The van der Waals surface area contributed by atoms with Crippen LogP contribution in [0.4, 0.5) is 10.5 Å². The predicted molar refractivity (Wildman–Crippen MR) is 84.9 cm³/mol. The molecule has 3 amide bonds. The molecule has 0 spiro atoms. The zero-order valence-electron chi connectivity index (χ0n) is 12.9. The van der Waals surface area contributed by atoms with Crippen molar-refractivity contribution in [2.75, 3.05) is 31.6 Å². The molecule has 124 valence electrons. The van der Waals surface area contributed by atoms with Crippen molar-refractivity contribution < 1.29 is 19.1 Å². The lowest BCUT2D eigenvalue weighted by Gasteiger charge is -2.14. The number of carbonyl (C=O) groups is 3. The largest absolute Gasteiger partial charge is 0.456 e. The van der Waals surface area contributed by atoms with Crippen LogP contribution in [0, 0.1) is 0 Å². The van der Waals surface area contributed by atoms with Crippen LogP contribution >= 0.6 is 0 Å². The maximum Gasteiger partial charge on any atom is 0.319 e. The van der Waals surface area contributed by atoms with E-state index in [-0.39, 0.29) is 25.5 Å². The second-order valence-corrected chi connectivity index (χ2v) is 5.25. The van der Waals surface area contributed by atoms with Crippen LogP contribution in [0.1, 0.15) is 19.3 Å². The van der Waals surface area contributed by atoms with E-state index < -0.39 is 12.0 Å². The Bertz CT molecular complexity index is 542. The molecule has 2 rings (SSSR count). The molecule has 0 aliphatic carbocycles. The molecule has 7 nitrogen and oxygen atoms in total. The summed E-state index contributed by atoms with van der Waals surface area (Å²) in [7, 11) is 0. The van der Waals surface area contributed by atoms with E-state index in [2.05, 4.69) is 10.6 Å². The van der Waals surface area contributed by atoms with Crippen LogP contribution in [0.2, 0.25) is 0 Å². The number of urea groups is 1. The van der Waals surface area contributed by atoms with Crippen molar-refractivity contribution in [1.29, 1.82) is 0 Å². The van der Waals surface area contributed by atoms with E-state index in [4.69, 9.17) is 4.74 Å². The summed E-state index contributed by atoms with van der Waals surface area (Å²) in [6, 6.07) is 8.60. The monoisotopic (exact) mass is 319 g/mol. The number of rotatable bonds is 6. The van der Waals surface area contributed by atoms with Crippen LogP contribution in [0.15, 0.2) is 30.3 Å². The predicted octanol–water partition coefficient (Wildman–Crippen LogP) is 1.36. The molecule has 1 aromatic carbocycles. The molecule has 1 aliphatic heterocycles. The lowest BCUT2D eigenvalue weighted by molar-refractivity contribution is -0.151. The van der Waals surface area contributed by atoms with Crippen LogP contribution in [0.3, 0.4) is 0 Å². The van der Waals surface area contributed by atoms with Gasteiger partial charge < -0.3 is 20.3 Å². The lowest BCUT2D eigenvalue weighted by Crippen LogP contribution is -2.33. The topological polar surface area (TPSA) is 87.7 Å². The number of para-hydroxylation sites is 1. The third-order valence-corrected chi connectivity index (χ3v) is 3.46. The molecule has 0 radical (unpaired) electrons. The molecule has 1 aromatic rings. The van der Waals surface area contributed by atoms with Gasteiger partial charge in [-0.25, -0.2) is 4.79 Å². The van der Waals surface area contributed by atoms with Gasteiger partial charge in [-0.3, -0.25) is 9.59 Å². The van der Waals surface area contributed by atoms with Crippen molar-refractivity contribution in [2.45, 2.75) is 19.3 Å². The summed E-state index contributed by atoms with van der Waals surface area (Å²) in [6.45, 7) is 1.39.